The largest absolute Gasteiger partial charge is 0.378 e. The zero-order chi connectivity index (χ0) is 18.1. The fourth-order valence-corrected chi connectivity index (χ4v) is 3.39. The summed E-state index contributed by atoms with van der Waals surface area (Å²) in [6, 6.07) is 28.0. The molecule has 0 aromatic heterocycles. The van der Waals surface area contributed by atoms with Crippen molar-refractivity contribution in [3.8, 4) is 22.3 Å². The van der Waals surface area contributed by atoms with E-state index >= 15 is 0 Å². The van der Waals surface area contributed by atoms with Gasteiger partial charge in [0, 0.05) is 19.8 Å². The number of fused-ring (bicyclic) bond motifs is 1. The Morgan fingerprint density at radius 1 is 0.615 bits per heavy atom. The maximum Gasteiger partial charge on any atom is 0.123 e. The summed E-state index contributed by atoms with van der Waals surface area (Å²) in [7, 11) is 4.08. The minimum atomic E-state index is -0.214. The van der Waals surface area contributed by atoms with Crippen molar-refractivity contribution in [1.29, 1.82) is 0 Å². The van der Waals surface area contributed by atoms with E-state index in [0.717, 1.165) is 11.1 Å². The Labute approximate surface area is 153 Å². The lowest BCUT2D eigenvalue weighted by molar-refractivity contribution is 0.628. The van der Waals surface area contributed by atoms with Crippen molar-refractivity contribution in [2.24, 2.45) is 0 Å². The smallest absolute Gasteiger partial charge is 0.123 e. The molecular formula is C24H20FN. The molecule has 0 aliphatic rings. The SMILES string of the molecule is CN(C)c1ccc(-c2cccc3cccc(-c4ccc(F)cc4)c23)cc1. The van der Waals surface area contributed by atoms with Crippen LogP contribution in [-0.2, 0) is 0 Å². The maximum absolute atomic E-state index is 13.4. The third kappa shape index (κ3) is 2.95. The summed E-state index contributed by atoms with van der Waals surface area (Å²) < 4.78 is 13.4. The van der Waals surface area contributed by atoms with Crippen molar-refractivity contribution >= 4 is 16.5 Å². The molecular weight excluding hydrogens is 321 g/mol. The molecule has 0 radical (unpaired) electrons. The Morgan fingerprint density at radius 2 is 1.12 bits per heavy atom. The molecule has 2 heteroatoms. The van der Waals surface area contributed by atoms with E-state index in [2.05, 4.69) is 65.6 Å². The number of halogens is 1. The molecule has 4 aromatic carbocycles. The molecule has 0 aliphatic heterocycles. The third-order valence-corrected chi connectivity index (χ3v) is 4.75. The number of nitrogens with zero attached hydrogens (tertiary/aromatic N) is 1. The van der Waals surface area contributed by atoms with Gasteiger partial charge in [-0.3, -0.25) is 0 Å². The van der Waals surface area contributed by atoms with Crippen molar-refractivity contribution in [2.45, 2.75) is 0 Å². The highest BCUT2D eigenvalue weighted by Crippen LogP contribution is 2.36. The molecule has 0 heterocycles. The van der Waals surface area contributed by atoms with Crippen LogP contribution < -0.4 is 4.90 Å². The van der Waals surface area contributed by atoms with Gasteiger partial charge in [0.2, 0.25) is 0 Å². The van der Waals surface area contributed by atoms with Crippen LogP contribution in [-0.4, -0.2) is 14.1 Å². The van der Waals surface area contributed by atoms with Gasteiger partial charge in [-0.2, -0.15) is 0 Å². The first-order valence-corrected chi connectivity index (χ1v) is 8.69. The topological polar surface area (TPSA) is 3.24 Å². The lowest BCUT2D eigenvalue weighted by atomic mass is 9.91. The van der Waals surface area contributed by atoms with Crippen molar-refractivity contribution in [2.75, 3.05) is 19.0 Å². The molecule has 0 saturated heterocycles. The van der Waals surface area contributed by atoms with Crippen molar-refractivity contribution in [1.82, 2.24) is 0 Å². The minimum absolute atomic E-state index is 0.214. The van der Waals surface area contributed by atoms with Gasteiger partial charge in [-0.15, -0.1) is 0 Å². The molecule has 0 amide bonds. The van der Waals surface area contributed by atoms with Gasteiger partial charge in [0.15, 0.2) is 0 Å². The second-order valence-electron chi connectivity index (χ2n) is 6.66. The molecule has 4 aromatic rings. The molecule has 0 N–H and O–H groups in total. The first-order chi connectivity index (χ1) is 12.6. The van der Waals surface area contributed by atoms with E-state index in [0.29, 0.717) is 0 Å². The lowest BCUT2D eigenvalue weighted by Gasteiger charge is -2.15. The van der Waals surface area contributed by atoms with E-state index in [1.165, 1.54) is 39.7 Å². The van der Waals surface area contributed by atoms with Crippen LogP contribution in [0.25, 0.3) is 33.0 Å². The van der Waals surface area contributed by atoms with Gasteiger partial charge in [-0.1, -0.05) is 60.7 Å². The Morgan fingerprint density at radius 3 is 1.62 bits per heavy atom. The molecule has 26 heavy (non-hydrogen) atoms. The van der Waals surface area contributed by atoms with Crippen molar-refractivity contribution < 1.29 is 4.39 Å². The fraction of sp³-hybridized carbons (Fsp3) is 0.0833. The maximum atomic E-state index is 13.4. The number of anilines is 1. The van der Waals surface area contributed by atoms with Crippen molar-refractivity contribution in [3.63, 3.8) is 0 Å². The molecule has 4 rings (SSSR count). The van der Waals surface area contributed by atoms with Gasteiger partial charge in [-0.05, 0) is 57.3 Å². The molecule has 128 valence electrons. The summed E-state index contributed by atoms with van der Waals surface area (Å²) in [6.45, 7) is 0. The second-order valence-corrected chi connectivity index (χ2v) is 6.66. The zero-order valence-corrected chi connectivity index (χ0v) is 14.9. The van der Waals surface area contributed by atoms with E-state index in [1.807, 2.05) is 26.2 Å². The quantitative estimate of drug-likeness (QED) is 0.418. The summed E-state index contributed by atoms with van der Waals surface area (Å²) in [6.07, 6.45) is 0. The van der Waals surface area contributed by atoms with Crippen LogP contribution in [0.15, 0.2) is 84.9 Å². The first-order valence-electron chi connectivity index (χ1n) is 8.69. The van der Waals surface area contributed by atoms with Gasteiger partial charge in [-0.25, -0.2) is 4.39 Å². The van der Waals surface area contributed by atoms with Crippen LogP contribution in [0.3, 0.4) is 0 Å². The van der Waals surface area contributed by atoms with Crippen LogP contribution in [0.4, 0.5) is 10.1 Å². The van der Waals surface area contributed by atoms with Crippen LogP contribution in [0.2, 0.25) is 0 Å². The zero-order valence-electron chi connectivity index (χ0n) is 14.9. The lowest BCUT2D eigenvalue weighted by Crippen LogP contribution is -2.07. The number of rotatable bonds is 3. The summed E-state index contributed by atoms with van der Waals surface area (Å²) in [4.78, 5) is 2.09. The molecule has 0 aliphatic carbocycles. The Hall–Kier alpha value is -3.13. The number of hydrogen-bond acceptors (Lipinski definition) is 1. The van der Waals surface area contributed by atoms with E-state index in [1.54, 1.807) is 0 Å². The molecule has 0 spiro atoms. The van der Waals surface area contributed by atoms with Crippen LogP contribution in [0.1, 0.15) is 0 Å². The van der Waals surface area contributed by atoms with E-state index in [4.69, 9.17) is 0 Å². The second kappa shape index (κ2) is 6.64. The molecule has 0 bridgehead atoms. The van der Waals surface area contributed by atoms with Crippen LogP contribution >= 0.6 is 0 Å². The van der Waals surface area contributed by atoms with E-state index in [9.17, 15) is 4.39 Å². The highest BCUT2D eigenvalue weighted by atomic mass is 19.1. The Balaban J connectivity index is 1.94. The molecule has 0 atom stereocenters. The van der Waals surface area contributed by atoms with Gasteiger partial charge >= 0.3 is 0 Å². The van der Waals surface area contributed by atoms with Crippen LogP contribution in [0, 0.1) is 5.82 Å². The summed E-state index contributed by atoms with van der Waals surface area (Å²) in [5.41, 5.74) is 5.68. The van der Waals surface area contributed by atoms with Gasteiger partial charge in [0.05, 0.1) is 0 Å². The van der Waals surface area contributed by atoms with Gasteiger partial charge in [0.25, 0.3) is 0 Å². The highest BCUT2D eigenvalue weighted by molar-refractivity contribution is 6.06. The summed E-state index contributed by atoms with van der Waals surface area (Å²) in [5.74, 6) is -0.214. The molecule has 0 fully saturated rings. The van der Waals surface area contributed by atoms with Crippen molar-refractivity contribution in [3.05, 3.63) is 90.7 Å². The predicted molar refractivity (Wildman–Crippen MR) is 109 cm³/mol. The normalized spacial score (nSPS) is 10.9. The van der Waals surface area contributed by atoms with Crippen LogP contribution in [0.5, 0.6) is 0 Å². The fourth-order valence-electron chi connectivity index (χ4n) is 3.39. The van der Waals surface area contributed by atoms with E-state index < -0.39 is 0 Å². The number of benzene rings is 4. The minimum Gasteiger partial charge on any atom is -0.378 e. The highest BCUT2D eigenvalue weighted by Gasteiger charge is 2.10. The van der Waals surface area contributed by atoms with Gasteiger partial charge in [0.1, 0.15) is 5.82 Å². The first kappa shape index (κ1) is 16.3. The average molecular weight is 341 g/mol. The Kier molecular flexibility index (Phi) is 4.18. The standard InChI is InChI=1S/C24H20FN/c1-26(2)21-15-11-18(12-16-21)23-8-4-6-19-5-3-7-22(24(19)23)17-9-13-20(25)14-10-17/h3-16H,1-2H3. The third-order valence-electron chi connectivity index (χ3n) is 4.75. The summed E-state index contributed by atoms with van der Waals surface area (Å²) in [5, 5.41) is 2.38. The summed E-state index contributed by atoms with van der Waals surface area (Å²) >= 11 is 0. The molecule has 1 nitrogen and oxygen atoms in total. The molecule has 0 unspecified atom stereocenters. The average Bonchev–Trinajstić information content (AvgIpc) is 2.68. The number of hydrogen-bond donors (Lipinski definition) is 0. The monoisotopic (exact) mass is 341 g/mol. The van der Waals surface area contributed by atoms with Gasteiger partial charge < -0.3 is 4.90 Å². The predicted octanol–water partition coefficient (Wildman–Crippen LogP) is 6.38. The Bertz CT molecular complexity index is 1040. The van der Waals surface area contributed by atoms with E-state index in [-0.39, 0.29) is 5.82 Å². The molecule has 0 saturated carbocycles.